The Morgan fingerprint density at radius 2 is 1.67 bits per heavy atom. The highest BCUT2D eigenvalue weighted by Gasteiger charge is 2.09. The molecular weight excluding hydrogens is 266 g/mol. The minimum atomic E-state index is -0.878. The van der Waals surface area contributed by atoms with Crippen molar-refractivity contribution in [2.75, 3.05) is 0 Å². The van der Waals surface area contributed by atoms with Crippen molar-refractivity contribution in [3.05, 3.63) is 54.1 Å². The third-order valence-corrected chi connectivity index (χ3v) is 3.00. The summed E-state index contributed by atoms with van der Waals surface area (Å²) >= 11 is 0. The van der Waals surface area contributed by atoms with Gasteiger partial charge in [0.2, 0.25) is 0 Å². The van der Waals surface area contributed by atoms with E-state index in [0.29, 0.717) is 11.3 Å². The number of ether oxygens (including phenoxy) is 1. The van der Waals surface area contributed by atoms with E-state index >= 15 is 0 Å². The molecule has 0 unspecified atom stereocenters. The standard InChI is InChI=1S/C17H15NO3/c1-12(10-17(19)20)21-16-8-6-15(7-9-16)14-4-2-13(11-18)3-5-14/h2-9,12H,10H2,1H3,(H,19,20)/t12-/m0/s1. The Hall–Kier alpha value is -2.80. The average molecular weight is 281 g/mol. The van der Waals surface area contributed by atoms with E-state index in [2.05, 4.69) is 6.07 Å². The molecule has 0 aliphatic rings. The molecule has 0 aromatic heterocycles. The zero-order valence-corrected chi connectivity index (χ0v) is 11.6. The number of nitrogens with zero attached hydrogens (tertiary/aromatic N) is 1. The number of hydrogen-bond donors (Lipinski definition) is 1. The first kappa shape index (κ1) is 14.6. The maximum absolute atomic E-state index is 10.6. The van der Waals surface area contributed by atoms with Crippen molar-refractivity contribution in [1.29, 1.82) is 5.26 Å². The van der Waals surface area contributed by atoms with Gasteiger partial charge in [-0.05, 0) is 42.3 Å². The van der Waals surface area contributed by atoms with Crippen LogP contribution in [0.15, 0.2) is 48.5 Å². The molecule has 0 fully saturated rings. The highest BCUT2D eigenvalue weighted by atomic mass is 16.5. The monoisotopic (exact) mass is 281 g/mol. The molecule has 1 N–H and O–H groups in total. The first-order valence-corrected chi connectivity index (χ1v) is 6.57. The molecule has 0 spiro atoms. The van der Waals surface area contributed by atoms with Crippen molar-refractivity contribution in [2.45, 2.75) is 19.4 Å². The van der Waals surface area contributed by atoms with Gasteiger partial charge in [-0.3, -0.25) is 4.79 Å². The summed E-state index contributed by atoms with van der Waals surface area (Å²) in [6.07, 6.45) is -0.402. The van der Waals surface area contributed by atoms with Gasteiger partial charge in [0.05, 0.1) is 18.1 Å². The molecule has 21 heavy (non-hydrogen) atoms. The topological polar surface area (TPSA) is 70.3 Å². The summed E-state index contributed by atoms with van der Waals surface area (Å²) in [5.41, 5.74) is 2.65. The van der Waals surface area contributed by atoms with Crippen molar-refractivity contribution in [3.63, 3.8) is 0 Å². The molecule has 4 heteroatoms. The first-order valence-electron chi connectivity index (χ1n) is 6.57. The van der Waals surface area contributed by atoms with Crippen molar-refractivity contribution >= 4 is 5.97 Å². The third kappa shape index (κ3) is 4.08. The number of nitriles is 1. The zero-order chi connectivity index (χ0) is 15.2. The number of aliphatic carboxylic acids is 1. The van der Waals surface area contributed by atoms with Crippen LogP contribution < -0.4 is 4.74 Å². The fraction of sp³-hybridized carbons (Fsp3) is 0.176. The number of carbonyl (C=O) groups is 1. The summed E-state index contributed by atoms with van der Waals surface area (Å²) in [6, 6.07) is 16.8. The van der Waals surface area contributed by atoms with Gasteiger partial charge < -0.3 is 9.84 Å². The van der Waals surface area contributed by atoms with Gasteiger partial charge in [0, 0.05) is 0 Å². The van der Waals surface area contributed by atoms with Crippen LogP contribution in [0.4, 0.5) is 0 Å². The van der Waals surface area contributed by atoms with E-state index in [1.165, 1.54) is 0 Å². The number of carboxylic acid groups (broad SMARTS) is 1. The Balaban J connectivity index is 2.07. The molecule has 0 aliphatic heterocycles. The van der Waals surface area contributed by atoms with E-state index in [1.807, 2.05) is 36.4 Å². The Kier molecular flexibility index (Phi) is 4.57. The van der Waals surface area contributed by atoms with Crippen LogP contribution in [-0.4, -0.2) is 17.2 Å². The SMILES string of the molecule is C[C@@H](CC(=O)O)Oc1ccc(-c2ccc(C#N)cc2)cc1. The second-order valence-corrected chi connectivity index (χ2v) is 4.74. The molecule has 2 aromatic rings. The lowest BCUT2D eigenvalue weighted by atomic mass is 10.0. The largest absolute Gasteiger partial charge is 0.490 e. The van der Waals surface area contributed by atoms with E-state index in [1.54, 1.807) is 19.1 Å². The van der Waals surface area contributed by atoms with E-state index in [9.17, 15) is 4.79 Å². The summed E-state index contributed by atoms with van der Waals surface area (Å²) in [7, 11) is 0. The van der Waals surface area contributed by atoms with Crippen LogP contribution in [0.5, 0.6) is 5.75 Å². The summed E-state index contributed by atoms with van der Waals surface area (Å²) < 4.78 is 5.53. The van der Waals surface area contributed by atoms with Crippen LogP contribution in [0.2, 0.25) is 0 Å². The lowest BCUT2D eigenvalue weighted by Gasteiger charge is -2.13. The van der Waals surface area contributed by atoms with Crippen molar-refractivity contribution < 1.29 is 14.6 Å². The van der Waals surface area contributed by atoms with Crippen LogP contribution in [0.25, 0.3) is 11.1 Å². The summed E-state index contributed by atoms with van der Waals surface area (Å²) in [4.78, 5) is 10.6. The van der Waals surface area contributed by atoms with Gasteiger partial charge in [-0.1, -0.05) is 24.3 Å². The molecule has 0 radical (unpaired) electrons. The molecule has 0 saturated carbocycles. The molecule has 2 aromatic carbocycles. The molecule has 4 nitrogen and oxygen atoms in total. The molecule has 0 bridgehead atoms. The number of carboxylic acids is 1. The fourth-order valence-corrected chi connectivity index (χ4v) is 1.98. The molecular formula is C17H15NO3. The van der Waals surface area contributed by atoms with Gasteiger partial charge in [0.15, 0.2) is 0 Å². The predicted molar refractivity (Wildman–Crippen MR) is 78.9 cm³/mol. The van der Waals surface area contributed by atoms with Gasteiger partial charge in [-0.25, -0.2) is 0 Å². The summed E-state index contributed by atoms with van der Waals surface area (Å²) in [5, 5.41) is 17.5. The van der Waals surface area contributed by atoms with E-state index in [-0.39, 0.29) is 12.5 Å². The fourth-order valence-electron chi connectivity index (χ4n) is 1.98. The third-order valence-electron chi connectivity index (χ3n) is 3.00. The summed E-state index contributed by atoms with van der Waals surface area (Å²) in [6.45, 7) is 1.72. The van der Waals surface area contributed by atoms with Gasteiger partial charge in [-0.2, -0.15) is 5.26 Å². The molecule has 0 saturated heterocycles. The quantitative estimate of drug-likeness (QED) is 0.911. The van der Waals surface area contributed by atoms with Crippen LogP contribution in [0.1, 0.15) is 18.9 Å². The normalized spacial score (nSPS) is 11.4. The average Bonchev–Trinajstić information content (AvgIpc) is 2.47. The van der Waals surface area contributed by atoms with Crippen LogP contribution >= 0.6 is 0 Å². The number of rotatable bonds is 5. The predicted octanol–water partition coefficient (Wildman–Crippen LogP) is 3.47. The molecule has 0 aliphatic carbocycles. The van der Waals surface area contributed by atoms with Gasteiger partial charge in [0.25, 0.3) is 0 Å². The van der Waals surface area contributed by atoms with Crippen LogP contribution in [0.3, 0.4) is 0 Å². The zero-order valence-electron chi connectivity index (χ0n) is 11.6. The van der Waals surface area contributed by atoms with Crippen molar-refractivity contribution in [1.82, 2.24) is 0 Å². The van der Waals surface area contributed by atoms with E-state index in [4.69, 9.17) is 15.1 Å². The van der Waals surface area contributed by atoms with Crippen molar-refractivity contribution in [3.8, 4) is 22.9 Å². The molecule has 1 atom stereocenters. The van der Waals surface area contributed by atoms with Gasteiger partial charge >= 0.3 is 5.97 Å². The van der Waals surface area contributed by atoms with E-state index in [0.717, 1.165) is 11.1 Å². The first-order chi connectivity index (χ1) is 10.1. The van der Waals surface area contributed by atoms with Crippen LogP contribution in [0, 0.1) is 11.3 Å². The summed E-state index contributed by atoms with van der Waals surface area (Å²) in [5.74, 6) is -0.238. The minimum Gasteiger partial charge on any atom is -0.490 e. The Morgan fingerprint density at radius 1 is 1.14 bits per heavy atom. The van der Waals surface area contributed by atoms with E-state index < -0.39 is 5.97 Å². The second-order valence-electron chi connectivity index (χ2n) is 4.74. The molecule has 0 heterocycles. The molecule has 2 rings (SSSR count). The number of hydrogen-bond acceptors (Lipinski definition) is 3. The number of benzene rings is 2. The highest BCUT2D eigenvalue weighted by molar-refractivity contribution is 5.67. The molecule has 0 amide bonds. The Morgan fingerprint density at radius 3 is 2.14 bits per heavy atom. The lowest BCUT2D eigenvalue weighted by Crippen LogP contribution is -2.16. The maximum Gasteiger partial charge on any atom is 0.307 e. The highest BCUT2D eigenvalue weighted by Crippen LogP contribution is 2.23. The van der Waals surface area contributed by atoms with Crippen molar-refractivity contribution in [2.24, 2.45) is 0 Å². The van der Waals surface area contributed by atoms with Crippen LogP contribution in [-0.2, 0) is 4.79 Å². The van der Waals surface area contributed by atoms with Gasteiger partial charge in [-0.15, -0.1) is 0 Å². The second kappa shape index (κ2) is 6.58. The maximum atomic E-state index is 10.6. The minimum absolute atomic E-state index is 0.0304. The Labute approximate surface area is 123 Å². The molecule has 106 valence electrons. The van der Waals surface area contributed by atoms with Gasteiger partial charge in [0.1, 0.15) is 11.9 Å². The lowest BCUT2D eigenvalue weighted by molar-refractivity contribution is -0.138. The Bertz CT molecular complexity index is 654. The smallest absolute Gasteiger partial charge is 0.307 e.